The van der Waals surface area contributed by atoms with Crippen molar-refractivity contribution in [3.05, 3.63) is 507 Å². The molecule has 5 aromatic carbocycles. The van der Waals surface area contributed by atoms with Crippen LogP contribution in [-0.2, 0) is 46.2 Å². The highest BCUT2D eigenvalue weighted by Gasteiger charge is 2.22. The Hall–Kier alpha value is -18.5. The van der Waals surface area contributed by atoms with E-state index in [9.17, 15) is 73.5 Å². The molecule has 0 aliphatic carbocycles. The molecule has 0 saturated carbocycles. The number of aryl methyl sites for hydroxylation is 2. The van der Waals surface area contributed by atoms with E-state index in [4.69, 9.17) is 0 Å². The Balaban J connectivity index is 0.000000123. The molecule has 15 aromatic heterocycles. The fraction of sp³-hybridized carbons (Fsp3) is 0.0648. The van der Waals surface area contributed by atoms with Gasteiger partial charge in [0, 0.05) is 117 Å². The number of aromatic carboxylic acids is 5. The van der Waals surface area contributed by atoms with E-state index in [0.29, 0.717) is 54.2 Å². The fourth-order valence-electron chi connectivity index (χ4n) is 15.9. The molecule has 135 heavy (non-hydrogen) atoms. The Kier molecular flexibility index (Phi) is 26.9. The molecule has 27 heteroatoms. The van der Waals surface area contributed by atoms with Gasteiger partial charge < -0.3 is 25.5 Å². The monoisotopic (exact) mass is 1790 g/mol. The molecule has 0 aliphatic rings. The molecule has 0 spiro atoms. The fourth-order valence-corrected chi connectivity index (χ4v) is 15.9. The molecule has 15 heterocycles. The number of carboxylic acids is 5. The summed E-state index contributed by atoms with van der Waals surface area (Å²) < 4.78 is 10.4. The highest BCUT2D eigenvalue weighted by molar-refractivity contribution is 5.91. The van der Waals surface area contributed by atoms with Crippen LogP contribution in [0, 0.1) is 0 Å². The van der Waals surface area contributed by atoms with Crippen molar-refractivity contribution in [3.63, 3.8) is 0 Å². The van der Waals surface area contributed by atoms with Crippen LogP contribution in [-0.4, -0.2) is 112 Å². The molecule has 0 fully saturated rings. The number of aromatic nitrogens is 12. The smallest absolute Gasteiger partial charge is 0.341 e. The zero-order valence-electron chi connectivity index (χ0n) is 72.4. The SMILES string of the molecule is Cn1cc(-c2ccc(Cc3cc(C(=O)O)c(=O)n4ccccc34)cc2)cn1.Cn1cc(-c2ccc(Cc3cc(C(=O)O)c(=O)n4ccccc34)nc2)cn1.O=C(O)c1cc(Cc2ccc(-c3ccccc3)cc2)c2ccccn2c1=O.O=C(O)c1cc(Cc2ccc(-c3ccccn3)cc2)c2ccccn2c1=O.O=C(O)c1cc(Cc2ccc(-c3cccnc3)cc2)c2ccccn2c1=O. The Morgan fingerprint density at radius 2 is 0.548 bits per heavy atom. The van der Waals surface area contributed by atoms with Gasteiger partial charge in [-0.25, -0.2) is 24.0 Å². The van der Waals surface area contributed by atoms with Gasteiger partial charge in [0.25, 0.3) is 27.8 Å². The van der Waals surface area contributed by atoms with Crippen LogP contribution < -0.4 is 27.8 Å². The number of hydrogen-bond acceptors (Lipinski definition) is 15. The van der Waals surface area contributed by atoms with Gasteiger partial charge in [0.05, 0.1) is 45.7 Å². The molecule has 27 nitrogen and oxygen atoms in total. The Morgan fingerprint density at radius 1 is 0.259 bits per heavy atom. The standard InChI is InChI=1S/C23H17NO3.2C22H16N2O3.C21H17N3O3.C20H16N4O3/c25-22-20(23(26)27)15-19(21-8-4-5-13-24(21)22)14-16-9-11-18(12-10-16)17-6-2-1-3-7-17;25-21-18(22(26)27)14-17(20-6-2-4-12-24(20)21)13-15-7-9-16(10-8-15)19-5-1-3-11-23-19;25-21-19(22(26)27)13-18(20-5-1-2-11-24(20)21)12-15-6-8-16(9-7-15)17-4-3-10-23-14-17;1-23-13-17(12-22-23)15-7-5-14(6-8-15)10-16-11-18(21(26)27)20(25)24-9-3-2-4-19(16)24;1-23-12-15(11-22-23)13-5-6-16(21-10-13)8-14-9-17(20(26)27)19(25)24-7-3-2-4-18(14)24/h1-13,15H,14H2,(H,26,27);1-12,14H,13H2,(H,26,27);1-11,13-14H,12H2,(H,26,27);2-9,11-13H,10H2,1H3,(H,26,27);2-7,9-12H,8H2,1H3,(H,26,27). The topological polar surface area (TPSA) is 368 Å². The third-order valence-corrected chi connectivity index (χ3v) is 22.7. The van der Waals surface area contributed by atoms with E-state index < -0.39 is 57.6 Å². The lowest BCUT2D eigenvalue weighted by molar-refractivity contribution is 0.0683. The average Bonchev–Trinajstić information content (AvgIpc) is 1.10. The van der Waals surface area contributed by atoms with Crippen LogP contribution in [0.2, 0.25) is 0 Å². The number of carbonyl (C=O) groups is 5. The second kappa shape index (κ2) is 40.4. The van der Waals surface area contributed by atoms with E-state index in [1.807, 2.05) is 239 Å². The van der Waals surface area contributed by atoms with Crippen LogP contribution in [0.5, 0.6) is 0 Å². The van der Waals surface area contributed by atoms with Crippen molar-refractivity contribution in [1.82, 2.24) is 56.5 Å². The molecular weight excluding hydrogens is 1710 g/mol. The van der Waals surface area contributed by atoms with E-state index in [0.717, 1.165) is 117 Å². The van der Waals surface area contributed by atoms with Crippen molar-refractivity contribution in [3.8, 4) is 55.8 Å². The predicted molar refractivity (Wildman–Crippen MR) is 513 cm³/mol. The van der Waals surface area contributed by atoms with Gasteiger partial charge in [0.1, 0.15) is 27.8 Å². The van der Waals surface area contributed by atoms with Crippen LogP contribution in [0.3, 0.4) is 0 Å². The third kappa shape index (κ3) is 20.6. The minimum atomic E-state index is -1.24. The molecule has 0 atom stereocenters. The summed E-state index contributed by atoms with van der Waals surface area (Å²) in [6, 6.07) is 90.1. The molecule has 0 radical (unpaired) electrons. The molecule has 0 unspecified atom stereocenters. The van der Waals surface area contributed by atoms with E-state index in [2.05, 4.69) is 49.4 Å². The van der Waals surface area contributed by atoms with Crippen LogP contribution in [0.25, 0.3) is 83.3 Å². The summed E-state index contributed by atoms with van der Waals surface area (Å²) >= 11 is 0. The maximum atomic E-state index is 12.4. The number of fused-ring (bicyclic) bond motifs is 5. The molecule has 0 saturated heterocycles. The van der Waals surface area contributed by atoms with Crippen molar-refractivity contribution in [2.24, 2.45) is 14.1 Å². The zero-order chi connectivity index (χ0) is 94.3. The molecule has 0 amide bonds. The minimum Gasteiger partial charge on any atom is -0.477 e. The van der Waals surface area contributed by atoms with Gasteiger partial charge in [-0.3, -0.25) is 70.3 Å². The summed E-state index contributed by atoms with van der Waals surface area (Å²) in [5.74, 6) is -6.10. The summed E-state index contributed by atoms with van der Waals surface area (Å²) in [4.78, 5) is 132. The van der Waals surface area contributed by atoms with Gasteiger partial charge in [0.2, 0.25) is 0 Å². The van der Waals surface area contributed by atoms with E-state index in [1.165, 1.54) is 52.3 Å². The van der Waals surface area contributed by atoms with Crippen molar-refractivity contribution in [1.29, 1.82) is 0 Å². The molecule has 0 aliphatic heterocycles. The van der Waals surface area contributed by atoms with Gasteiger partial charge >= 0.3 is 29.8 Å². The number of hydrogen-bond donors (Lipinski definition) is 5. The van der Waals surface area contributed by atoms with Crippen molar-refractivity contribution in [2.75, 3.05) is 0 Å². The first kappa shape index (κ1) is 89.8. The maximum Gasteiger partial charge on any atom is 0.341 e. The van der Waals surface area contributed by atoms with Gasteiger partial charge in [-0.05, 0) is 219 Å². The van der Waals surface area contributed by atoms with Crippen LogP contribution >= 0.6 is 0 Å². The van der Waals surface area contributed by atoms with Gasteiger partial charge in [-0.15, -0.1) is 0 Å². The first-order valence-corrected chi connectivity index (χ1v) is 42.4. The van der Waals surface area contributed by atoms with Gasteiger partial charge in [-0.2, -0.15) is 10.2 Å². The molecule has 664 valence electrons. The molecule has 20 rings (SSSR count). The van der Waals surface area contributed by atoms with Crippen molar-refractivity contribution < 1.29 is 49.5 Å². The van der Waals surface area contributed by atoms with Gasteiger partial charge in [0.15, 0.2) is 0 Å². The van der Waals surface area contributed by atoms with Gasteiger partial charge in [-0.1, -0.05) is 176 Å². The van der Waals surface area contributed by atoms with E-state index >= 15 is 0 Å². The summed E-state index contributed by atoms with van der Waals surface area (Å²) in [7, 11) is 3.73. The molecule has 20 aromatic rings. The Bertz CT molecular complexity index is 7530. The lowest BCUT2D eigenvalue weighted by Gasteiger charge is -2.10. The third-order valence-electron chi connectivity index (χ3n) is 22.7. The largest absolute Gasteiger partial charge is 0.477 e. The number of carboxylic acid groups (broad SMARTS) is 5. The first-order chi connectivity index (χ1) is 65.4. The number of rotatable bonds is 20. The average molecular weight is 1790 g/mol. The highest BCUT2D eigenvalue weighted by atomic mass is 16.4. The summed E-state index contributed by atoms with van der Waals surface area (Å²) in [6.45, 7) is 0. The molecule has 5 N–H and O–H groups in total. The summed E-state index contributed by atoms with van der Waals surface area (Å²) in [6.07, 6.45) is 25.0. The second-order valence-electron chi connectivity index (χ2n) is 31.6. The lowest BCUT2D eigenvalue weighted by atomic mass is 9.99. The molecular formula is C108H82N12O15. The Morgan fingerprint density at radius 3 is 0.852 bits per heavy atom. The minimum absolute atomic E-state index is 0.213. The second-order valence-corrected chi connectivity index (χ2v) is 31.6. The summed E-state index contributed by atoms with van der Waals surface area (Å²) in [5.41, 5.74) is 18.9. The first-order valence-electron chi connectivity index (χ1n) is 42.4. The summed E-state index contributed by atoms with van der Waals surface area (Å²) in [5, 5.41) is 55.1. The molecule has 0 bridgehead atoms. The van der Waals surface area contributed by atoms with Crippen LogP contribution in [0.4, 0.5) is 0 Å². The maximum absolute atomic E-state index is 12.4. The lowest BCUT2D eigenvalue weighted by Crippen LogP contribution is -2.23. The quantitative estimate of drug-likeness (QED) is 0.0473. The Labute approximate surface area is 768 Å². The normalized spacial score (nSPS) is 10.9. The highest BCUT2D eigenvalue weighted by Crippen LogP contribution is 2.29. The van der Waals surface area contributed by atoms with Crippen molar-refractivity contribution in [2.45, 2.75) is 32.1 Å². The van der Waals surface area contributed by atoms with Crippen molar-refractivity contribution >= 4 is 57.4 Å². The van der Waals surface area contributed by atoms with E-state index in [-0.39, 0.29) is 27.8 Å². The predicted octanol–water partition coefficient (Wildman–Crippen LogP) is 16.9. The van der Waals surface area contributed by atoms with Crippen LogP contribution in [0.1, 0.15) is 108 Å². The number of pyridine rings is 13. The van der Waals surface area contributed by atoms with Crippen LogP contribution in [0.15, 0.2) is 396 Å². The number of nitrogens with zero attached hydrogens (tertiary/aromatic N) is 12. The zero-order valence-corrected chi connectivity index (χ0v) is 72.4. The van der Waals surface area contributed by atoms with E-state index in [1.54, 1.807) is 102 Å². The number of benzene rings is 5.